The molecule has 20 heavy (non-hydrogen) atoms. The number of carbonyl (C=O) groups is 1. The summed E-state index contributed by atoms with van der Waals surface area (Å²) < 4.78 is 0. The maximum Gasteiger partial charge on any atom is 0.225 e. The first-order valence-electron chi connectivity index (χ1n) is 6.68. The van der Waals surface area contributed by atoms with Crippen LogP contribution in [0.2, 0.25) is 0 Å². The number of amides is 1. The Labute approximate surface area is 118 Å². The number of aromatic amines is 1. The van der Waals surface area contributed by atoms with Crippen LogP contribution in [0.15, 0.2) is 30.3 Å². The molecule has 1 aromatic heterocycles. The van der Waals surface area contributed by atoms with E-state index in [1.165, 1.54) is 0 Å². The molecule has 5 nitrogen and oxygen atoms in total. The Hall–Kier alpha value is -2.30. The van der Waals surface area contributed by atoms with Crippen molar-refractivity contribution in [3.8, 4) is 5.75 Å². The van der Waals surface area contributed by atoms with Crippen LogP contribution in [0, 0.1) is 0 Å². The van der Waals surface area contributed by atoms with E-state index in [-0.39, 0.29) is 11.7 Å². The lowest BCUT2D eigenvalue weighted by molar-refractivity contribution is -0.116. The molecular formula is C15H19N3O2. The first-order chi connectivity index (χ1) is 9.56. The van der Waals surface area contributed by atoms with E-state index >= 15 is 0 Å². The second-order valence-corrected chi connectivity index (χ2v) is 5.04. The Morgan fingerprint density at radius 3 is 2.80 bits per heavy atom. The molecule has 3 N–H and O–H groups in total. The van der Waals surface area contributed by atoms with Crippen LogP contribution in [0.3, 0.4) is 0 Å². The second kappa shape index (κ2) is 6.23. The summed E-state index contributed by atoms with van der Waals surface area (Å²) in [5.41, 5.74) is 1.76. The van der Waals surface area contributed by atoms with Crippen LogP contribution in [0.5, 0.6) is 5.75 Å². The summed E-state index contributed by atoms with van der Waals surface area (Å²) in [6, 6.07) is 8.87. The summed E-state index contributed by atoms with van der Waals surface area (Å²) in [7, 11) is 0. The first-order valence-corrected chi connectivity index (χ1v) is 6.68. The number of rotatable bonds is 5. The Morgan fingerprint density at radius 1 is 1.40 bits per heavy atom. The highest BCUT2D eigenvalue weighted by Crippen LogP contribution is 2.18. The van der Waals surface area contributed by atoms with Crippen molar-refractivity contribution >= 4 is 11.7 Å². The van der Waals surface area contributed by atoms with Crippen molar-refractivity contribution < 1.29 is 9.90 Å². The number of nitrogens with one attached hydrogen (secondary N) is 2. The summed E-state index contributed by atoms with van der Waals surface area (Å²) >= 11 is 0. The number of aromatic hydroxyl groups is 1. The minimum Gasteiger partial charge on any atom is -0.508 e. The van der Waals surface area contributed by atoms with Crippen LogP contribution in [0.1, 0.15) is 37.4 Å². The summed E-state index contributed by atoms with van der Waals surface area (Å²) in [4.78, 5) is 11.8. The Balaban J connectivity index is 1.88. The van der Waals surface area contributed by atoms with E-state index in [2.05, 4.69) is 29.4 Å². The van der Waals surface area contributed by atoms with Crippen molar-refractivity contribution in [2.24, 2.45) is 0 Å². The van der Waals surface area contributed by atoms with Crippen LogP contribution in [-0.2, 0) is 11.2 Å². The number of benzene rings is 1. The third kappa shape index (κ3) is 3.60. The maximum absolute atomic E-state index is 11.8. The number of aromatic nitrogens is 2. The number of anilines is 1. The quantitative estimate of drug-likeness (QED) is 0.783. The van der Waals surface area contributed by atoms with Gasteiger partial charge in [-0.25, -0.2) is 0 Å². The summed E-state index contributed by atoms with van der Waals surface area (Å²) in [6.45, 7) is 4.11. The number of para-hydroxylation sites is 1. The van der Waals surface area contributed by atoms with Crippen molar-refractivity contribution in [2.45, 2.75) is 32.6 Å². The van der Waals surface area contributed by atoms with Gasteiger partial charge in [0.15, 0.2) is 5.82 Å². The van der Waals surface area contributed by atoms with Gasteiger partial charge in [-0.3, -0.25) is 9.89 Å². The predicted octanol–water partition coefficient (Wildman–Crippen LogP) is 2.81. The molecule has 0 fully saturated rings. The molecule has 2 rings (SSSR count). The van der Waals surface area contributed by atoms with E-state index in [4.69, 9.17) is 0 Å². The molecule has 0 atom stereocenters. The van der Waals surface area contributed by atoms with Gasteiger partial charge in [-0.1, -0.05) is 32.0 Å². The highest BCUT2D eigenvalue weighted by molar-refractivity contribution is 5.89. The van der Waals surface area contributed by atoms with Crippen molar-refractivity contribution in [3.63, 3.8) is 0 Å². The molecule has 0 spiro atoms. The van der Waals surface area contributed by atoms with Gasteiger partial charge in [0.1, 0.15) is 5.75 Å². The largest absolute Gasteiger partial charge is 0.508 e. The lowest BCUT2D eigenvalue weighted by atomic mass is 10.1. The molecule has 0 aliphatic rings. The third-order valence-electron chi connectivity index (χ3n) is 3.10. The Kier molecular flexibility index (Phi) is 4.40. The van der Waals surface area contributed by atoms with Crippen LogP contribution < -0.4 is 5.32 Å². The number of carbonyl (C=O) groups excluding carboxylic acids is 1. The zero-order valence-corrected chi connectivity index (χ0v) is 11.7. The van der Waals surface area contributed by atoms with Crippen LogP contribution in [0.25, 0.3) is 0 Å². The average molecular weight is 273 g/mol. The zero-order chi connectivity index (χ0) is 14.5. The van der Waals surface area contributed by atoms with Gasteiger partial charge < -0.3 is 10.4 Å². The fraction of sp³-hybridized carbons (Fsp3) is 0.333. The van der Waals surface area contributed by atoms with Crippen molar-refractivity contribution in [1.29, 1.82) is 0 Å². The van der Waals surface area contributed by atoms with E-state index in [0.29, 0.717) is 24.6 Å². The van der Waals surface area contributed by atoms with E-state index in [1.807, 2.05) is 18.2 Å². The van der Waals surface area contributed by atoms with Crippen molar-refractivity contribution in [3.05, 3.63) is 41.6 Å². The number of aryl methyl sites for hydroxylation is 1. The van der Waals surface area contributed by atoms with Gasteiger partial charge in [-0.15, -0.1) is 0 Å². The minimum absolute atomic E-state index is 0.116. The number of H-pyrrole nitrogens is 1. The molecule has 1 aromatic carbocycles. The number of phenols is 1. The smallest absolute Gasteiger partial charge is 0.225 e. The maximum atomic E-state index is 11.8. The normalized spacial score (nSPS) is 10.8. The van der Waals surface area contributed by atoms with Crippen LogP contribution >= 0.6 is 0 Å². The molecule has 2 aromatic rings. The van der Waals surface area contributed by atoms with E-state index in [9.17, 15) is 9.90 Å². The van der Waals surface area contributed by atoms with Gasteiger partial charge >= 0.3 is 0 Å². The molecule has 0 unspecified atom stereocenters. The predicted molar refractivity (Wildman–Crippen MR) is 77.7 cm³/mol. The molecule has 0 aliphatic heterocycles. The van der Waals surface area contributed by atoms with Gasteiger partial charge in [0, 0.05) is 18.2 Å². The van der Waals surface area contributed by atoms with Gasteiger partial charge in [-0.2, -0.15) is 5.10 Å². The van der Waals surface area contributed by atoms with Crippen LogP contribution in [0.4, 0.5) is 5.82 Å². The molecule has 1 heterocycles. The van der Waals surface area contributed by atoms with E-state index in [0.717, 1.165) is 11.3 Å². The van der Waals surface area contributed by atoms with Gasteiger partial charge in [-0.05, 0) is 24.0 Å². The molecule has 0 radical (unpaired) electrons. The molecule has 1 amide bonds. The number of hydrogen-bond acceptors (Lipinski definition) is 3. The summed E-state index contributed by atoms with van der Waals surface area (Å²) in [5, 5.41) is 19.3. The number of hydrogen-bond donors (Lipinski definition) is 3. The van der Waals surface area contributed by atoms with Gasteiger partial charge in [0.05, 0.1) is 0 Å². The Bertz CT molecular complexity index is 590. The van der Waals surface area contributed by atoms with Crippen molar-refractivity contribution in [1.82, 2.24) is 10.2 Å². The van der Waals surface area contributed by atoms with Crippen molar-refractivity contribution in [2.75, 3.05) is 5.32 Å². The molecule has 5 heteroatoms. The Morgan fingerprint density at radius 2 is 2.15 bits per heavy atom. The summed E-state index contributed by atoms with van der Waals surface area (Å²) in [6.07, 6.45) is 0.807. The highest BCUT2D eigenvalue weighted by Gasteiger charge is 2.09. The second-order valence-electron chi connectivity index (χ2n) is 5.04. The minimum atomic E-state index is -0.116. The van der Waals surface area contributed by atoms with Gasteiger partial charge in [0.2, 0.25) is 5.91 Å². The fourth-order valence-corrected chi connectivity index (χ4v) is 1.87. The molecule has 0 saturated heterocycles. The van der Waals surface area contributed by atoms with E-state index < -0.39 is 0 Å². The molecule has 0 bridgehead atoms. The first kappa shape index (κ1) is 14.1. The lowest BCUT2D eigenvalue weighted by Crippen LogP contribution is -2.12. The molecular weight excluding hydrogens is 254 g/mol. The van der Waals surface area contributed by atoms with Gasteiger partial charge in [0.25, 0.3) is 0 Å². The van der Waals surface area contributed by atoms with Crippen LogP contribution in [-0.4, -0.2) is 21.2 Å². The third-order valence-corrected chi connectivity index (χ3v) is 3.10. The fourth-order valence-electron chi connectivity index (χ4n) is 1.87. The van der Waals surface area contributed by atoms with E-state index in [1.54, 1.807) is 12.1 Å². The lowest BCUT2D eigenvalue weighted by Gasteiger charge is -2.04. The molecule has 0 saturated carbocycles. The number of phenolic OH excluding ortho intramolecular Hbond substituents is 1. The summed E-state index contributed by atoms with van der Waals surface area (Å²) in [5.74, 6) is 0.989. The average Bonchev–Trinajstić information content (AvgIpc) is 2.86. The standard InChI is InChI=1S/C15H19N3O2/c1-10(2)12-9-14(18-17-12)16-15(20)8-7-11-5-3-4-6-13(11)19/h3-6,9-10,19H,7-8H2,1-2H3,(H2,16,17,18,20). The molecule has 106 valence electrons. The SMILES string of the molecule is CC(C)c1cc(NC(=O)CCc2ccccc2O)n[nH]1. The monoisotopic (exact) mass is 273 g/mol. The highest BCUT2D eigenvalue weighted by atomic mass is 16.3. The molecule has 0 aliphatic carbocycles. The zero-order valence-electron chi connectivity index (χ0n) is 11.7. The topological polar surface area (TPSA) is 78.0 Å². The number of nitrogens with zero attached hydrogens (tertiary/aromatic N) is 1.